The van der Waals surface area contributed by atoms with Crippen LogP contribution in [0.25, 0.3) is 32.8 Å². The van der Waals surface area contributed by atoms with Crippen LogP contribution in [0, 0.1) is 0 Å². The fourth-order valence-electron chi connectivity index (χ4n) is 3.21. The van der Waals surface area contributed by atoms with Gasteiger partial charge in [-0.25, -0.2) is 9.78 Å². The zero-order chi connectivity index (χ0) is 20.3. The van der Waals surface area contributed by atoms with Gasteiger partial charge in [-0.05, 0) is 23.8 Å². The second-order valence-corrected chi connectivity index (χ2v) is 7.68. The number of fused-ring (bicyclic) bond motifs is 1. The molecule has 0 atom stereocenters. The number of rotatable bonds is 5. The number of aromatic nitrogens is 1. The molecule has 2 heterocycles. The van der Waals surface area contributed by atoms with Crippen molar-refractivity contribution in [1.82, 2.24) is 4.98 Å². The van der Waals surface area contributed by atoms with Gasteiger partial charge < -0.3 is 9.15 Å². The normalized spacial score (nSPS) is 10.9. The molecule has 5 heteroatoms. The van der Waals surface area contributed by atoms with Crippen LogP contribution in [0.4, 0.5) is 0 Å². The van der Waals surface area contributed by atoms with Crippen LogP contribution in [-0.4, -0.2) is 4.98 Å². The standard InChI is InChI=1S/C25H17NO3S/c27-25-21(24-26-22(16-30-24)18-9-5-2-6-10-18)13-19-11-12-20(14-23(19)29-25)28-15-17-7-3-1-4-8-17/h1-14,16H,15H2. The molecule has 146 valence electrons. The van der Waals surface area contributed by atoms with Crippen LogP contribution in [0.3, 0.4) is 0 Å². The molecule has 0 N–H and O–H groups in total. The highest BCUT2D eigenvalue weighted by molar-refractivity contribution is 7.13. The lowest BCUT2D eigenvalue weighted by Crippen LogP contribution is -2.02. The maximum Gasteiger partial charge on any atom is 0.346 e. The molecule has 0 spiro atoms. The average molecular weight is 411 g/mol. The summed E-state index contributed by atoms with van der Waals surface area (Å²) in [5.41, 5.74) is 3.50. The van der Waals surface area contributed by atoms with Crippen LogP contribution >= 0.6 is 11.3 Å². The summed E-state index contributed by atoms with van der Waals surface area (Å²) in [7, 11) is 0. The maximum absolute atomic E-state index is 12.6. The highest BCUT2D eigenvalue weighted by Crippen LogP contribution is 2.29. The number of thiazole rings is 1. The predicted molar refractivity (Wildman–Crippen MR) is 120 cm³/mol. The average Bonchev–Trinajstić information content (AvgIpc) is 3.28. The van der Waals surface area contributed by atoms with E-state index in [0.29, 0.717) is 28.5 Å². The van der Waals surface area contributed by atoms with Crippen molar-refractivity contribution in [2.75, 3.05) is 0 Å². The van der Waals surface area contributed by atoms with E-state index >= 15 is 0 Å². The minimum Gasteiger partial charge on any atom is -0.489 e. The summed E-state index contributed by atoms with van der Waals surface area (Å²) in [6, 6.07) is 27.2. The molecule has 0 amide bonds. The third-order valence-corrected chi connectivity index (χ3v) is 5.64. The van der Waals surface area contributed by atoms with Gasteiger partial charge in [-0.3, -0.25) is 0 Å². The Morgan fingerprint density at radius 3 is 2.47 bits per heavy atom. The highest BCUT2D eigenvalue weighted by Gasteiger charge is 2.13. The Bertz CT molecular complexity index is 1360. The molecule has 2 aromatic heterocycles. The van der Waals surface area contributed by atoms with Crippen molar-refractivity contribution >= 4 is 22.3 Å². The Labute approximate surface area is 177 Å². The van der Waals surface area contributed by atoms with Crippen molar-refractivity contribution in [1.29, 1.82) is 0 Å². The fourth-order valence-corrected chi connectivity index (χ4v) is 4.04. The van der Waals surface area contributed by atoms with E-state index < -0.39 is 5.63 Å². The van der Waals surface area contributed by atoms with E-state index in [1.54, 1.807) is 6.07 Å². The highest BCUT2D eigenvalue weighted by atomic mass is 32.1. The van der Waals surface area contributed by atoms with Crippen molar-refractivity contribution in [2.45, 2.75) is 6.61 Å². The van der Waals surface area contributed by atoms with Crippen LogP contribution in [-0.2, 0) is 6.61 Å². The summed E-state index contributed by atoms with van der Waals surface area (Å²) < 4.78 is 11.4. The molecule has 0 bridgehead atoms. The van der Waals surface area contributed by atoms with E-state index in [1.807, 2.05) is 84.2 Å². The van der Waals surface area contributed by atoms with Gasteiger partial charge in [0.1, 0.15) is 22.9 Å². The van der Waals surface area contributed by atoms with E-state index in [4.69, 9.17) is 9.15 Å². The van der Waals surface area contributed by atoms with Crippen molar-refractivity contribution < 1.29 is 9.15 Å². The Kier molecular flexibility index (Phi) is 4.87. The van der Waals surface area contributed by atoms with Crippen molar-refractivity contribution in [3.05, 3.63) is 106 Å². The number of hydrogen-bond acceptors (Lipinski definition) is 5. The lowest BCUT2D eigenvalue weighted by atomic mass is 10.1. The molecule has 0 aliphatic heterocycles. The maximum atomic E-state index is 12.6. The molecule has 0 aliphatic rings. The number of benzene rings is 3. The molecule has 5 rings (SSSR count). The van der Waals surface area contributed by atoms with Gasteiger partial charge in [0.2, 0.25) is 0 Å². The Hall–Kier alpha value is -3.70. The Balaban J connectivity index is 1.43. The van der Waals surface area contributed by atoms with Crippen LogP contribution in [0.1, 0.15) is 5.56 Å². The van der Waals surface area contributed by atoms with Gasteiger partial charge in [0, 0.05) is 22.4 Å². The monoisotopic (exact) mass is 411 g/mol. The molecule has 30 heavy (non-hydrogen) atoms. The van der Waals surface area contributed by atoms with E-state index in [0.717, 1.165) is 22.2 Å². The third-order valence-electron chi connectivity index (χ3n) is 4.76. The summed E-state index contributed by atoms with van der Waals surface area (Å²) in [6.07, 6.45) is 0. The zero-order valence-corrected chi connectivity index (χ0v) is 16.8. The Morgan fingerprint density at radius 2 is 1.67 bits per heavy atom. The molecule has 4 nitrogen and oxygen atoms in total. The van der Waals surface area contributed by atoms with Gasteiger partial charge in [-0.1, -0.05) is 60.7 Å². The molecule has 0 saturated carbocycles. The second-order valence-electron chi connectivity index (χ2n) is 6.83. The van der Waals surface area contributed by atoms with Crippen molar-refractivity contribution in [3.63, 3.8) is 0 Å². The lowest BCUT2D eigenvalue weighted by molar-refractivity contribution is 0.306. The summed E-state index contributed by atoms with van der Waals surface area (Å²) in [5, 5.41) is 3.43. The third kappa shape index (κ3) is 3.75. The Morgan fingerprint density at radius 1 is 0.900 bits per heavy atom. The summed E-state index contributed by atoms with van der Waals surface area (Å²) in [6.45, 7) is 0.454. The summed E-state index contributed by atoms with van der Waals surface area (Å²) in [4.78, 5) is 17.3. The first-order valence-electron chi connectivity index (χ1n) is 9.52. The largest absolute Gasteiger partial charge is 0.489 e. The summed E-state index contributed by atoms with van der Waals surface area (Å²) in [5.74, 6) is 0.655. The first-order valence-corrected chi connectivity index (χ1v) is 10.4. The first-order chi connectivity index (χ1) is 14.8. The second kappa shape index (κ2) is 7.97. The molecule has 0 radical (unpaired) electrons. The van der Waals surface area contributed by atoms with E-state index in [-0.39, 0.29) is 0 Å². The van der Waals surface area contributed by atoms with Gasteiger partial charge in [-0.15, -0.1) is 11.3 Å². The van der Waals surface area contributed by atoms with E-state index in [1.165, 1.54) is 11.3 Å². The number of hydrogen-bond donors (Lipinski definition) is 0. The van der Waals surface area contributed by atoms with E-state index in [2.05, 4.69) is 4.98 Å². The fraction of sp³-hybridized carbons (Fsp3) is 0.0400. The molecular formula is C25H17NO3S. The molecule has 5 aromatic rings. The molecule has 0 unspecified atom stereocenters. The quantitative estimate of drug-likeness (QED) is 0.325. The number of nitrogens with zero attached hydrogens (tertiary/aromatic N) is 1. The molecule has 0 aliphatic carbocycles. The SMILES string of the molecule is O=c1oc2cc(OCc3ccccc3)ccc2cc1-c1nc(-c2ccccc2)cs1. The van der Waals surface area contributed by atoms with Crippen LogP contribution in [0.15, 0.2) is 99.5 Å². The zero-order valence-electron chi connectivity index (χ0n) is 15.9. The minimum absolute atomic E-state index is 0.406. The van der Waals surface area contributed by atoms with Crippen LogP contribution in [0.5, 0.6) is 5.75 Å². The molecule has 0 fully saturated rings. The van der Waals surface area contributed by atoms with Gasteiger partial charge in [0.15, 0.2) is 0 Å². The smallest absolute Gasteiger partial charge is 0.346 e. The molecule has 0 saturated heterocycles. The van der Waals surface area contributed by atoms with Gasteiger partial charge in [0.25, 0.3) is 0 Å². The van der Waals surface area contributed by atoms with Crippen LogP contribution in [0.2, 0.25) is 0 Å². The first kappa shape index (κ1) is 18.3. The van der Waals surface area contributed by atoms with E-state index in [9.17, 15) is 4.79 Å². The predicted octanol–water partition coefficient (Wildman–Crippen LogP) is 6.16. The molecule has 3 aromatic carbocycles. The number of ether oxygens (including phenoxy) is 1. The van der Waals surface area contributed by atoms with Gasteiger partial charge in [-0.2, -0.15) is 0 Å². The van der Waals surface area contributed by atoms with Crippen molar-refractivity contribution in [3.8, 4) is 27.6 Å². The van der Waals surface area contributed by atoms with Crippen molar-refractivity contribution in [2.24, 2.45) is 0 Å². The summed E-state index contributed by atoms with van der Waals surface area (Å²) >= 11 is 1.43. The van der Waals surface area contributed by atoms with Gasteiger partial charge in [0.05, 0.1) is 11.3 Å². The molecular weight excluding hydrogens is 394 g/mol. The van der Waals surface area contributed by atoms with Gasteiger partial charge >= 0.3 is 5.63 Å². The van der Waals surface area contributed by atoms with Crippen LogP contribution < -0.4 is 10.4 Å². The lowest BCUT2D eigenvalue weighted by Gasteiger charge is -2.07. The topological polar surface area (TPSA) is 52.3 Å². The minimum atomic E-state index is -0.406.